The molecule has 1 rings (SSSR count). The Labute approximate surface area is 82.1 Å². The number of H-pyrrole nitrogens is 1. The van der Waals surface area contributed by atoms with Gasteiger partial charge in [-0.05, 0) is 13.8 Å². The molecule has 1 aromatic rings. The number of nitrogen functional groups attached to an aromatic ring is 1. The van der Waals surface area contributed by atoms with Crippen molar-refractivity contribution in [1.82, 2.24) is 15.5 Å². The summed E-state index contributed by atoms with van der Waals surface area (Å²) in [5, 5.41) is 8.74. The molecule has 0 aromatic carbocycles. The van der Waals surface area contributed by atoms with Crippen molar-refractivity contribution >= 4 is 11.7 Å². The molecule has 4 N–H and O–H groups in total. The van der Waals surface area contributed by atoms with E-state index in [1.54, 1.807) is 13.8 Å². The first-order valence-corrected chi connectivity index (χ1v) is 4.05. The molecule has 1 heterocycles. The summed E-state index contributed by atoms with van der Waals surface area (Å²) in [6, 6.07) is 0. The molecule has 0 unspecified atom stereocenters. The topological polar surface area (TPSA) is 83.8 Å². The highest BCUT2D eigenvalue weighted by Crippen LogP contribution is 2.08. The second kappa shape index (κ2) is 3.42. The first-order valence-electron chi connectivity index (χ1n) is 4.05. The van der Waals surface area contributed by atoms with Gasteiger partial charge in [-0.15, -0.1) is 6.42 Å². The Bertz CT molecular complexity index is 386. The van der Waals surface area contributed by atoms with E-state index >= 15 is 0 Å². The van der Waals surface area contributed by atoms with Crippen LogP contribution < -0.4 is 11.1 Å². The van der Waals surface area contributed by atoms with Crippen molar-refractivity contribution in [3.8, 4) is 12.3 Å². The molecule has 1 amide bonds. The van der Waals surface area contributed by atoms with Crippen molar-refractivity contribution in [2.45, 2.75) is 19.4 Å². The number of hydrogen-bond donors (Lipinski definition) is 3. The molecule has 5 nitrogen and oxygen atoms in total. The number of terminal acetylenes is 1. The van der Waals surface area contributed by atoms with E-state index < -0.39 is 5.54 Å². The number of amides is 1. The SMILES string of the molecule is C#CC(C)(C)NC(=O)c1cn[nH]c1N. The van der Waals surface area contributed by atoms with E-state index in [0.29, 0.717) is 5.56 Å². The number of nitrogens with one attached hydrogen (secondary N) is 2. The number of rotatable bonds is 2. The number of carbonyl (C=O) groups is 1. The van der Waals surface area contributed by atoms with E-state index in [1.807, 2.05) is 0 Å². The van der Waals surface area contributed by atoms with Crippen LogP contribution in [0, 0.1) is 12.3 Å². The Hall–Kier alpha value is -1.96. The number of nitrogens with zero attached hydrogens (tertiary/aromatic N) is 1. The lowest BCUT2D eigenvalue weighted by Gasteiger charge is -2.18. The summed E-state index contributed by atoms with van der Waals surface area (Å²) in [7, 11) is 0. The third kappa shape index (κ3) is 2.04. The van der Waals surface area contributed by atoms with Gasteiger partial charge in [-0.25, -0.2) is 0 Å². The predicted molar refractivity (Wildman–Crippen MR) is 53.4 cm³/mol. The van der Waals surface area contributed by atoms with E-state index in [2.05, 4.69) is 21.4 Å². The van der Waals surface area contributed by atoms with Gasteiger partial charge < -0.3 is 11.1 Å². The fourth-order valence-electron chi connectivity index (χ4n) is 0.864. The Morgan fingerprint density at radius 1 is 1.79 bits per heavy atom. The minimum Gasteiger partial charge on any atom is -0.383 e. The van der Waals surface area contributed by atoms with Gasteiger partial charge in [0.2, 0.25) is 0 Å². The molecule has 0 atom stereocenters. The smallest absolute Gasteiger partial charge is 0.257 e. The van der Waals surface area contributed by atoms with Crippen LogP contribution in [0.25, 0.3) is 0 Å². The summed E-state index contributed by atoms with van der Waals surface area (Å²) in [4.78, 5) is 11.6. The van der Waals surface area contributed by atoms with Crippen LogP contribution in [0.1, 0.15) is 24.2 Å². The molecule has 74 valence electrons. The van der Waals surface area contributed by atoms with Crippen molar-refractivity contribution in [2.24, 2.45) is 0 Å². The number of anilines is 1. The largest absolute Gasteiger partial charge is 0.383 e. The summed E-state index contributed by atoms with van der Waals surface area (Å²) in [5.74, 6) is 2.35. The van der Waals surface area contributed by atoms with Crippen LogP contribution in [-0.4, -0.2) is 21.6 Å². The van der Waals surface area contributed by atoms with E-state index in [-0.39, 0.29) is 11.7 Å². The van der Waals surface area contributed by atoms with Crippen LogP contribution in [-0.2, 0) is 0 Å². The normalized spacial score (nSPS) is 10.6. The molecule has 0 aliphatic heterocycles. The Morgan fingerprint density at radius 2 is 2.43 bits per heavy atom. The molecular weight excluding hydrogens is 180 g/mol. The van der Waals surface area contributed by atoms with E-state index in [4.69, 9.17) is 12.2 Å². The molecule has 0 saturated heterocycles. The van der Waals surface area contributed by atoms with Gasteiger partial charge in [-0.3, -0.25) is 9.89 Å². The van der Waals surface area contributed by atoms with Crippen molar-refractivity contribution in [2.75, 3.05) is 5.73 Å². The molecule has 0 fully saturated rings. The van der Waals surface area contributed by atoms with Gasteiger partial charge in [0.25, 0.3) is 5.91 Å². The zero-order valence-corrected chi connectivity index (χ0v) is 8.09. The fraction of sp³-hybridized carbons (Fsp3) is 0.333. The third-order valence-electron chi connectivity index (χ3n) is 1.70. The number of aromatic nitrogens is 2. The first kappa shape index (κ1) is 10.1. The summed E-state index contributed by atoms with van der Waals surface area (Å²) >= 11 is 0. The lowest BCUT2D eigenvalue weighted by atomic mass is 10.1. The molecule has 0 aliphatic rings. The molecule has 5 heteroatoms. The number of nitrogens with two attached hydrogens (primary N) is 1. The van der Waals surface area contributed by atoms with Crippen molar-refractivity contribution in [3.63, 3.8) is 0 Å². The van der Waals surface area contributed by atoms with Crippen LogP contribution >= 0.6 is 0 Å². The van der Waals surface area contributed by atoms with Gasteiger partial charge in [-0.1, -0.05) is 5.92 Å². The molecular formula is C9H12N4O. The Balaban J connectivity index is 2.80. The van der Waals surface area contributed by atoms with E-state index in [1.165, 1.54) is 6.20 Å². The highest BCUT2D eigenvalue weighted by atomic mass is 16.1. The molecule has 0 spiro atoms. The van der Waals surface area contributed by atoms with Gasteiger partial charge in [-0.2, -0.15) is 5.10 Å². The standard InChI is InChI=1S/C9H12N4O/c1-4-9(2,3)12-8(14)6-5-11-13-7(6)10/h1,5H,2-3H3,(H,12,14)(H3,10,11,13). The quantitative estimate of drug-likeness (QED) is 0.582. The van der Waals surface area contributed by atoms with Gasteiger partial charge in [0.1, 0.15) is 11.4 Å². The van der Waals surface area contributed by atoms with Crippen LogP contribution in [0.3, 0.4) is 0 Å². The lowest BCUT2D eigenvalue weighted by Crippen LogP contribution is -2.42. The van der Waals surface area contributed by atoms with Crippen molar-refractivity contribution in [1.29, 1.82) is 0 Å². The Morgan fingerprint density at radius 3 is 2.86 bits per heavy atom. The fourth-order valence-corrected chi connectivity index (χ4v) is 0.864. The zero-order chi connectivity index (χ0) is 10.8. The first-order chi connectivity index (χ1) is 6.46. The van der Waals surface area contributed by atoms with Gasteiger partial charge in [0.05, 0.1) is 11.7 Å². The number of hydrogen-bond acceptors (Lipinski definition) is 3. The average molecular weight is 192 g/mol. The van der Waals surface area contributed by atoms with Crippen LogP contribution in [0.4, 0.5) is 5.82 Å². The van der Waals surface area contributed by atoms with Crippen LogP contribution in [0.5, 0.6) is 0 Å². The molecule has 0 radical (unpaired) electrons. The molecule has 0 aliphatic carbocycles. The number of aromatic amines is 1. The van der Waals surface area contributed by atoms with Crippen molar-refractivity contribution < 1.29 is 4.79 Å². The van der Waals surface area contributed by atoms with Gasteiger partial charge >= 0.3 is 0 Å². The van der Waals surface area contributed by atoms with Crippen LogP contribution in [0.2, 0.25) is 0 Å². The monoisotopic (exact) mass is 192 g/mol. The lowest BCUT2D eigenvalue weighted by molar-refractivity contribution is 0.0931. The Kier molecular flexibility index (Phi) is 2.47. The summed E-state index contributed by atoms with van der Waals surface area (Å²) in [6.07, 6.45) is 6.59. The summed E-state index contributed by atoms with van der Waals surface area (Å²) < 4.78 is 0. The maximum atomic E-state index is 11.6. The summed E-state index contributed by atoms with van der Waals surface area (Å²) in [5.41, 5.74) is 5.08. The maximum absolute atomic E-state index is 11.6. The van der Waals surface area contributed by atoms with Gasteiger partial charge in [0.15, 0.2) is 0 Å². The highest BCUT2D eigenvalue weighted by molar-refractivity contribution is 5.98. The second-order valence-corrected chi connectivity index (χ2v) is 3.42. The van der Waals surface area contributed by atoms with E-state index in [0.717, 1.165) is 0 Å². The molecule has 0 bridgehead atoms. The van der Waals surface area contributed by atoms with E-state index in [9.17, 15) is 4.79 Å². The van der Waals surface area contributed by atoms with Gasteiger partial charge in [0, 0.05) is 0 Å². The minimum atomic E-state index is -0.694. The zero-order valence-electron chi connectivity index (χ0n) is 8.09. The number of carbonyl (C=O) groups excluding carboxylic acids is 1. The molecule has 1 aromatic heterocycles. The predicted octanol–water partition coefficient (Wildman–Crippen LogP) is 0.133. The third-order valence-corrected chi connectivity index (χ3v) is 1.70. The average Bonchev–Trinajstić information content (AvgIpc) is 2.51. The highest BCUT2D eigenvalue weighted by Gasteiger charge is 2.20. The van der Waals surface area contributed by atoms with Crippen molar-refractivity contribution in [3.05, 3.63) is 11.8 Å². The summed E-state index contributed by atoms with van der Waals surface area (Å²) in [6.45, 7) is 3.45. The second-order valence-electron chi connectivity index (χ2n) is 3.42. The molecule has 0 saturated carbocycles. The maximum Gasteiger partial charge on any atom is 0.257 e. The van der Waals surface area contributed by atoms with Crippen LogP contribution in [0.15, 0.2) is 6.20 Å². The molecule has 14 heavy (non-hydrogen) atoms. The minimum absolute atomic E-state index is 0.232.